The maximum absolute atomic E-state index is 13.0. The van der Waals surface area contributed by atoms with Crippen molar-refractivity contribution in [2.45, 2.75) is 6.92 Å². The number of halogens is 3. The molecule has 0 aliphatic heterocycles. The quantitative estimate of drug-likeness (QED) is 0.545. The Bertz CT molecular complexity index is 275. The first kappa shape index (κ1) is 8.81. The van der Waals surface area contributed by atoms with Gasteiger partial charge in [-0.05, 0) is 34.5 Å². The van der Waals surface area contributed by atoms with Crippen LogP contribution in [0.5, 0.6) is 0 Å². The van der Waals surface area contributed by atoms with Crippen molar-refractivity contribution >= 4 is 33.2 Å². The number of hydrogen-bond donors (Lipinski definition) is 1. The van der Waals surface area contributed by atoms with E-state index in [4.69, 9.17) is 17.3 Å². The molecule has 0 radical (unpaired) electrons. The molecule has 0 fully saturated rings. The van der Waals surface area contributed by atoms with E-state index >= 15 is 0 Å². The lowest BCUT2D eigenvalue weighted by atomic mass is 10.2. The normalized spacial score (nSPS) is 10.2. The van der Waals surface area contributed by atoms with Gasteiger partial charge < -0.3 is 5.73 Å². The second kappa shape index (κ2) is 2.99. The van der Waals surface area contributed by atoms with Gasteiger partial charge in [-0.2, -0.15) is 0 Å². The largest absolute Gasteiger partial charge is 0.396 e. The van der Waals surface area contributed by atoms with Crippen molar-refractivity contribution in [3.8, 4) is 0 Å². The van der Waals surface area contributed by atoms with E-state index in [-0.39, 0.29) is 10.2 Å². The van der Waals surface area contributed by atoms with Gasteiger partial charge in [0.1, 0.15) is 0 Å². The highest BCUT2D eigenvalue weighted by Crippen LogP contribution is 2.31. The Hall–Kier alpha value is -0.280. The summed E-state index contributed by atoms with van der Waals surface area (Å²) in [5.74, 6) is -0.491. The fourth-order valence-electron chi connectivity index (χ4n) is 0.727. The minimum Gasteiger partial charge on any atom is -0.396 e. The standard InChI is InChI=1S/C7H6BrClFN/c1-3-2-4(9)5(8)6(10)7(3)11/h2H,11H2,1H3. The average Bonchev–Trinajstić information content (AvgIpc) is 1.97. The molecule has 11 heavy (non-hydrogen) atoms. The van der Waals surface area contributed by atoms with Crippen LogP contribution in [-0.2, 0) is 0 Å². The van der Waals surface area contributed by atoms with Crippen LogP contribution in [0.2, 0.25) is 5.02 Å². The predicted molar refractivity (Wildman–Crippen MR) is 48.3 cm³/mol. The van der Waals surface area contributed by atoms with Gasteiger partial charge in [0.25, 0.3) is 0 Å². The van der Waals surface area contributed by atoms with E-state index in [2.05, 4.69) is 15.9 Å². The molecular formula is C7H6BrClFN. The topological polar surface area (TPSA) is 26.0 Å². The summed E-state index contributed by atoms with van der Waals surface area (Å²) in [7, 11) is 0. The molecule has 1 aromatic rings. The molecule has 0 saturated heterocycles. The third-order valence-electron chi connectivity index (χ3n) is 1.41. The first-order valence-electron chi connectivity index (χ1n) is 2.93. The first-order valence-corrected chi connectivity index (χ1v) is 4.10. The number of nitrogen functional groups attached to an aromatic ring is 1. The highest BCUT2D eigenvalue weighted by atomic mass is 79.9. The van der Waals surface area contributed by atoms with Crippen molar-refractivity contribution in [2.75, 3.05) is 5.73 Å². The van der Waals surface area contributed by atoms with Crippen LogP contribution in [-0.4, -0.2) is 0 Å². The monoisotopic (exact) mass is 237 g/mol. The highest BCUT2D eigenvalue weighted by molar-refractivity contribution is 9.10. The van der Waals surface area contributed by atoms with E-state index in [9.17, 15) is 4.39 Å². The number of rotatable bonds is 0. The van der Waals surface area contributed by atoms with Crippen molar-refractivity contribution in [3.05, 3.63) is 26.9 Å². The number of anilines is 1. The van der Waals surface area contributed by atoms with E-state index in [1.165, 1.54) is 0 Å². The lowest BCUT2D eigenvalue weighted by molar-refractivity contribution is 0.625. The molecule has 1 aromatic carbocycles. The highest BCUT2D eigenvalue weighted by Gasteiger charge is 2.09. The summed E-state index contributed by atoms with van der Waals surface area (Å²) in [4.78, 5) is 0. The molecule has 0 aliphatic rings. The molecule has 0 heterocycles. The Kier molecular flexibility index (Phi) is 2.40. The molecule has 4 heteroatoms. The summed E-state index contributed by atoms with van der Waals surface area (Å²) in [5, 5.41) is 0.342. The molecule has 0 bridgehead atoms. The summed E-state index contributed by atoms with van der Waals surface area (Å²) in [6.07, 6.45) is 0. The third-order valence-corrected chi connectivity index (χ3v) is 2.71. The zero-order valence-electron chi connectivity index (χ0n) is 5.79. The van der Waals surface area contributed by atoms with Crippen LogP contribution in [0.15, 0.2) is 10.5 Å². The van der Waals surface area contributed by atoms with Gasteiger partial charge in [0.15, 0.2) is 5.82 Å². The molecular weight excluding hydrogens is 232 g/mol. The van der Waals surface area contributed by atoms with Gasteiger partial charge in [0.05, 0.1) is 15.2 Å². The van der Waals surface area contributed by atoms with Crippen molar-refractivity contribution in [1.82, 2.24) is 0 Å². The van der Waals surface area contributed by atoms with Gasteiger partial charge in [-0.15, -0.1) is 0 Å². The average molecular weight is 238 g/mol. The van der Waals surface area contributed by atoms with Crippen molar-refractivity contribution in [1.29, 1.82) is 0 Å². The summed E-state index contributed by atoms with van der Waals surface area (Å²) >= 11 is 8.63. The molecule has 0 atom stereocenters. The summed E-state index contributed by atoms with van der Waals surface area (Å²) < 4.78 is 13.2. The van der Waals surface area contributed by atoms with Crippen molar-refractivity contribution < 1.29 is 4.39 Å². The van der Waals surface area contributed by atoms with Gasteiger partial charge in [0, 0.05) is 0 Å². The maximum atomic E-state index is 13.0. The minimum atomic E-state index is -0.491. The smallest absolute Gasteiger partial charge is 0.162 e. The Morgan fingerprint density at radius 2 is 2.18 bits per heavy atom. The Labute approximate surface area is 77.5 Å². The van der Waals surface area contributed by atoms with Crippen LogP contribution in [0.4, 0.5) is 10.1 Å². The van der Waals surface area contributed by atoms with Gasteiger partial charge in [-0.3, -0.25) is 0 Å². The van der Waals surface area contributed by atoms with Crippen molar-refractivity contribution in [3.63, 3.8) is 0 Å². The molecule has 0 aromatic heterocycles. The molecule has 0 aliphatic carbocycles. The third kappa shape index (κ3) is 1.49. The Morgan fingerprint density at radius 1 is 1.64 bits per heavy atom. The molecule has 1 rings (SSSR count). The number of hydrogen-bond acceptors (Lipinski definition) is 1. The zero-order valence-corrected chi connectivity index (χ0v) is 8.13. The number of aryl methyl sites for hydroxylation is 1. The molecule has 0 spiro atoms. The maximum Gasteiger partial charge on any atom is 0.162 e. The molecule has 0 unspecified atom stereocenters. The second-order valence-electron chi connectivity index (χ2n) is 2.22. The fraction of sp³-hybridized carbons (Fsp3) is 0.143. The van der Waals surface area contributed by atoms with Gasteiger partial charge >= 0.3 is 0 Å². The van der Waals surface area contributed by atoms with Crippen LogP contribution >= 0.6 is 27.5 Å². The summed E-state index contributed by atoms with van der Waals surface area (Å²) in [6, 6.07) is 1.62. The fourth-order valence-corrected chi connectivity index (χ4v) is 1.30. The van der Waals surface area contributed by atoms with Crippen LogP contribution < -0.4 is 5.73 Å². The Balaban J connectivity index is 3.46. The minimum absolute atomic E-state index is 0.140. The lowest BCUT2D eigenvalue weighted by Crippen LogP contribution is -1.95. The molecule has 1 nitrogen and oxygen atoms in total. The molecule has 0 saturated carbocycles. The Morgan fingerprint density at radius 3 is 2.73 bits per heavy atom. The molecule has 60 valence electrons. The van der Waals surface area contributed by atoms with Crippen LogP contribution in [0.25, 0.3) is 0 Å². The van der Waals surface area contributed by atoms with Crippen LogP contribution in [0.1, 0.15) is 5.56 Å². The number of benzene rings is 1. The predicted octanol–water partition coefficient (Wildman–Crippen LogP) is 3.13. The number of nitrogens with two attached hydrogens (primary N) is 1. The van der Waals surface area contributed by atoms with Crippen LogP contribution in [0, 0.1) is 12.7 Å². The van der Waals surface area contributed by atoms with Crippen molar-refractivity contribution in [2.24, 2.45) is 0 Å². The van der Waals surface area contributed by atoms with Gasteiger partial charge in [-0.1, -0.05) is 11.6 Å². The molecule has 0 amide bonds. The molecule has 2 N–H and O–H groups in total. The van der Waals surface area contributed by atoms with E-state index in [1.807, 2.05) is 0 Å². The summed E-state index contributed by atoms with van der Waals surface area (Å²) in [5.41, 5.74) is 6.18. The van der Waals surface area contributed by atoms with E-state index in [0.717, 1.165) is 0 Å². The van der Waals surface area contributed by atoms with E-state index in [0.29, 0.717) is 10.6 Å². The lowest BCUT2D eigenvalue weighted by Gasteiger charge is -2.04. The zero-order chi connectivity index (χ0) is 8.59. The first-order chi connectivity index (χ1) is 5.04. The van der Waals surface area contributed by atoms with Gasteiger partial charge in [-0.25, -0.2) is 4.39 Å². The second-order valence-corrected chi connectivity index (χ2v) is 3.42. The SMILES string of the molecule is Cc1cc(Cl)c(Br)c(F)c1N. The van der Waals surface area contributed by atoms with E-state index in [1.54, 1.807) is 13.0 Å². The van der Waals surface area contributed by atoms with E-state index < -0.39 is 5.82 Å². The summed E-state index contributed by atoms with van der Waals surface area (Å²) in [6.45, 7) is 1.71. The van der Waals surface area contributed by atoms with Crippen LogP contribution in [0.3, 0.4) is 0 Å². The van der Waals surface area contributed by atoms with Gasteiger partial charge in [0.2, 0.25) is 0 Å².